The molecule has 0 heterocycles. The van der Waals surface area contributed by atoms with Crippen LogP contribution in [0.1, 0.15) is 25.0 Å². The number of amides is 1. The molecule has 5 nitrogen and oxygen atoms in total. The Balaban J connectivity index is 2.13. The largest absolute Gasteiger partial charge is 0.508 e. The standard InChI is InChI=1S/C21H25NO4/c1-14(12-17-19(24)10-7-11-20(17)25)21(26)22(3)18(15(2)23)13-16-8-5-4-6-9-16/h4-11,14,18,24-25H,12-13H2,1-3H3. The second kappa shape index (κ2) is 8.52. The summed E-state index contributed by atoms with van der Waals surface area (Å²) >= 11 is 0. The minimum absolute atomic E-state index is 0.0419. The number of hydrogen-bond donors (Lipinski definition) is 2. The maximum Gasteiger partial charge on any atom is 0.226 e. The van der Waals surface area contributed by atoms with Crippen molar-refractivity contribution in [3.05, 3.63) is 59.7 Å². The van der Waals surface area contributed by atoms with Crippen molar-refractivity contribution in [1.82, 2.24) is 4.90 Å². The fourth-order valence-electron chi connectivity index (χ4n) is 3.06. The van der Waals surface area contributed by atoms with Crippen LogP contribution in [-0.2, 0) is 22.4 Å². The predicted molar refractivity (Wildman–Crippen MR) is 100 cm³/mol. The van der Waals surface area contributed by atoms with E-state index in [-0.39, 0.29) is 29.6 Å². The smallest absolute Gasteiger partial charge is 0.226 e. The molecule has 5 heteroatoms. The van der Waals surface area contributed by atoms with Crippen molar-refractivity contribution in [2.45, 2.75) is 32.7 Å². The van der Waals surface area contributed by atoms with Gasteiger partial charge in [-0.15, -0.1) is 0 Å². The lowest BCUT2D eigenvalue weighted by atomic mass is 9.96. The summed E-state index contributed by atoms with van der Waals surface area (Å²) in [5.74, 6) is -0.859. The zero-order chi connectivity index (χ0) is 19.3. The highest BCUT2D eigenvalue weighted by molar-refractivity contribution is 5.88. The molecule has 0 aliphatic carbocycles. The Morgan fingerprint density at radius 3 is 2.08 bits per heavy atom. The van der Waals surface area contributed by atoms with Crippen LogP contribution in [0.15, 0.2) is 48.5 Å². The third-order valence-corrected chi connectivity index (χ3v) is 4.61. The highest BCUT2D eigenvalue weighted by Gasteiger charge is 2.28. The molecule has 2 rings (SSSR count). The van der Waals surface area contributed by atoms with Gasteiger partial charge in [-0.2, -0.15) is 0 Å². The second-order valence-corrected chi connectivity index (χ2v) is 6.65. The number of phenols is 2. The van der Waals surface area contributed by atoms with Gasteiger partial charge in [0, 0.05) is 18.5 Å². The number of rotatable bonds is 7. The molecule has 2 aromatic carbocycles. The van der Waals surface area contributed by atoms with E-state index in [9.17, 15) is 19.8 Å². The third-order valence-electron chi connectivity index (χ3n) is 4.61. The quantitative estimate of drug-likeness (QED) is 0.800. The van der Waals surface area contributed by atoms with Gasteiger partial charge in [0.1, 0.15) is 11.5 Å². The molecule has 0 aliphatic heterocycles. The van der Waals surface area contributed by atoms with E-state index >= 15 is 0 Å². The summed E-state index contributed by atoms with van der Waals surface area (Å²) in [7, 11) is 1.62. The number of Topliss-reactive ketones (excluding diaryl/α,β-unsaturated/α-hetero) is 1. The van der Waals surface area contributed by atoms with E-state index < -0.39 is 12.0 Å². The van der Waals surface area contributed by atoms with Crippen LogP contribution in [0.3, 0.4) is 0 Å². The first kappa shape index (κ1) is 19.5. The SMILES string of the molecule is CC(=O)C(Cc1ccccc1)N(C)C(=O)C(C)Cc1c(O)cccc1O. The van der Waals surface area contributed by atoms with Crippen molar-refractivity contribution in [1.29, 1.82) is 0 Å². The summed E-state index contributed by atoms with van der Waals surface area (Å²) in [5, 5.41) is 19.8. The van der Waals surface area contributed by atoms with Crippen LogP contribution in [0.5, 0.6) is 11.5 Å². The van der Waals surface area contributed by atoms with E-state index in [4.69, 9.17) is 0 Å². The lowest BCUT2D eigenvalue weighted by molar-refractivity contribution is -0.140. The normalized spacial score (nSPS) is 13.0. The van der Waals surface area contributed by atoms with Gasteiger partial charge < -0.3 is 15.1 Å². The maximum atomic E-state index is 12.8. The molecule has 2 N–H and O–H groups in total. The number of aromatic hydroxyl groups is 2. The Bertz CT molecular complexity index is 753. The average molecular weight is 355 g/mol. The zero-order valence-corrected chi connectivity index (χ0v) is 15.3. The van der Waals surface area contributed by atoms with Gasteiger partial charge in [0.2, 0.25) is 5.91 Å². The molecule has 1 amide bonds. The number of carbonyl (C=O) groups excluding carboxylic acids is 2. The number of likely N-dealkylation sites (N-methyl/N-ethyl adjacent to an activating group) is 1. The summed E-state index contributed by atoms with van der Waals surface area (Å²) in [6, 6.07) is 13.5. The average Bonchev–Trinajstić information content (AvgIpc) is 2.62. The number of phenolic OH excluding ortho intramolecular Hbond substituents is 2. The lowest BCUT2D eigenvalue weighted by Crippen LogP contribution is -2.45. The van der Waals surface area contributed by atoms with Gasteiger partial charge in [0.05, 0.1) is 6.04 Å². The van der Waals surface area contributed by atoms with E-state index in [2.05, 4.69) is 0 Å². The molecule has 0 spiro atoms. The van der Waals surface area contributed by atoms with Gasteiger partial charge in [-0.3, -0.25) is 9.59 Å². The molecular formula is C21H25NO4. The number of hydrogen-bond acceptors (Lipinski definition) is 4. The Morgan fingerprint density at radius 2 is 1.54 bits per heavy atom. The molecule has 2 atom stereocenters. The summed E-state index contributed by atoms with van der Waals surface area (Å²) in [4.78, 5) is 26.4. The molecule has 0 aromatic heterocycles. The van der Waals surface area contributed by atoms with Gasteiger partial charge in [-0.05, 0) is 37.5 Å². The Hall–Kier alpha value is -2.82. The van der Waals surface area contributed by atoms with Gasteiger partial charge in [0.25, 0.3) is 0 Å². The van der Waals surface area contributed by atoms with Crippen molar-refractivity contribution >= 4 is 11.7 Å². The highest BCUT2D eigenvalue weighted by Crippen LogP contribution is 2.29. The molecule has 0 saturated carbocycles. The van der Waals surface area contributed by atoms with Crippen molar-refractivity contribution < 1.29 is 19.8 Å². The van der Waals surface area contributed by atoms with Crippen LogP contribution in [0.2, 0.25) is 0 Å². The topological polar surface area (TPSA) is 77.8 Å². The molecule has 2 aromatic rings. The summed E-state index contributed by atoms with van der Waals surface area (Å²) in [6.45, 7) is 3.21. The molecule has 0 radical (unpaired) electrons. The first-order valence-corrected chi connectivity index (χ1v) is 8.62. The molecule has 0 fully saturated rings. The van der Waals surface area contributed by atoms with E-state index in [1.807, 2.05) is 30.3 Å². The third kappa shape index (κ3) is 4.63. The van der Waals surface area contributed by atoms with Gasteiger partial charge in [-0.1, -0.05) is 43.3 Å². The number of nitrogens with zero attached hydrogens (tertiary/aromatic N) is 1. The molecule has 0 bridgehead atoms. The molecule has 0 aliphatic rings. The summed E-state index contributed by atoms with van der Waals surface area (Å²) in [6.07, 6.45) is 0.643. The van der Waals surface area contributed by atoms with Crippen LogP contribution < -0.4 is 0 Å². The second-order valence-electron chi connectivity index (χ2n) is 6.65. The van der Waals surface area contributed by atoms with Crippen molar-refractivity contribution in [2.75, 3.05) is 7.05 Å². The van der Waals surface area contributed by atoms with Crippen LogP contribution >= 0.6 is 0 Å². The fourth-order valence-corrected chi connectivity index (χ4v) is 3.06. The van der Waals surface area contributed by atoms with Gasteiger partial charge in [0.15, 0.2) is 5.78 Å². The van der Waals surface area contributed by atoms with Crippen molar-refractivity contribution in [2.24, 2.45) is 5.92 Å². The van der Waals surface area contributed by atoms with Crippen LogP contribution in [0.25, 0.3) is 0 Å². The zero-order valence-electron chi connectivity index (χ0n) is 15.3. The Labute approximate surface area is 153 Å². The molecule has 0 saturated heterocycles. The first-order valence-electron chi connectivity index (χ1n) is 8.62. The van der Waals surface area contributed by atoms with Crippen LogP contribution in [0.4, 0.5) is 0 Å². The highest BCUT2D eigenvalue weighted by atomic mass is 16.3. The number of ketones is 1. The Morgan fingerprint density at radius 1 is 0.962 bits per heavy atom. The summed E-state index contributed by atoms with van der Waals surface area (Å²) < 4.78 is 0. The minimum Gasteiger partial charge on any atom is -0.508 e. The fraction of sp³-hybridized carbons (Fsp3) is 0.333. The van der Waals surface area contributed by atoms with Crippen molar-refractivity contribution in [3.8, 4) is 11.5 Å². The lowest BCUT2D eigenvalue weighted by Gasteiger charge is -2.29. The number of benzene rings is 2. The van der Waals surface area contributed by atoms with E-state index in [0.717, 1.165) is 5.56 Å². The molecule has 138 valence electrons. The van der Waals surface area contributed by atoms with E-state index in [1.165, 1.54) is 24.0 Å². The summed E-state index contributed by atoms with van der Waals surface area (Å²) in [5.41, 5.74) is 1.32. The first-order chi connectivity index (χ1) is 12.3. The van der Waals surface area contributed by atoms with Crippen LogP contribution in [-0.4, -0.2) is 39.9 Å². The molecular weight excluding hydrogens is 330 g/mol. The molecule has 2 unspecified atom stereocenters. The van der Waals surface area contributed by atoms with Crippen molar-refractivity contribution in [3.63, 3.8) is 0 Å². The van der Waals surface area contributed by atoms with E-state index in [0.29, 0.717) is 12.0 Å². The maximum absolute atomic E-state index is 12.8. The van der Waals surface area contributed by atoms with Gasteiger partial charge in [-0.25, -0.2) is 0 Å². The Kier molecular flexibility index (Phi) is 6.39. The van der Waals surface area contributed by atoms with Crippen LogP contribution in [0, 0.1) is 5.92 Å². The minimum atomic E-state index is -0.551. The predicted octanol–water partition coefficient (Wildman–Crippen LogP) is 2.94. The number of carbonyl (C=O) groups is 2. The van der Waals surface area contributed by atoms with E-state index in [1.54, 1.807) is 20.0 Å². The monoisotopic (exact) mass is 355 g/mol. The van der Waals surface area contributed by atoms with Gasteiger partial charge >= 0.3 is 0 Å². The molecule has 26 heavy (non-hydrogen) atoms.